The van der Waals surface area contributed by atoms with Crippen LogP contribution in [0.25, 0.3) is 0 Å². The van der Waals surface area contributed by atoms with Crippen molar-refractivity contribution in [3.63, 3.8) is 0 Å². The third kappa shape index (κ3) is 1.80. The molecule has 1 aliphatic rings. The fourth-order valence-electron chi connectivity index (χ4n) is 2.72. The molecule has 2 rings (SSSR count). The Morgan fingerprint density at radius 3 is 2.93 bits per heavy atom. The van der Waals surface area contributed by atoms with Crippen molar-refractivity contribution in [2.75, 3.05) is 13.1 Å². The van der Waals surface area contributed by atoms with Crippen molar-refractivity contribution in [2.24, 2.45) is 5.73 Å². The Kier molecular flexibility index (Phi) is 3.08. The highest BCUT2D eigenvalue weighted by molar-refractivity contribution is 5.37. The van der Waals surface area contributed by atoms with E-state index in [4.69, 9.17) is 5.73 Å². The Bertz CT molecular complexity index is 335. The van der Waals surface area contributed by atoms with E-state index in [2.05, 4.69) is 36.5 Å². The lowest BCUT2D eigenvalue weighted by atomic mass is 9.71. The van der Waals surface area contributed by atoms with E-state index in [1.165, 1.54) is 11.1 Å². The van der Waals surface area contributed by atoms with Gasteiger partial charge < -0.3 is 11.1 Å². The normalized spacial score (nSPS) is 24.9. The standard InChI is InChI=1S/C13H20N2/c1-2-13(7-8-14)10-15-9-11-5-3-4-6-12(11)13/h3-6,15H,2,7-10,14H2,1H3. The highest BCUT2D eigenvalue weighted by Gasteiger charge is 2.33. The molecule has 1 aromatic rings. The first-order chi connectivity index (χ1) is 7.32. The van der Waals surface area contributed by atoms with Crippen molar-refractivity contribution >= 4 is 0 Å². The number of nitrogens with two attached hydrogens (primary N) is 1. The summed E-state index contributed by atoms with van der Waals surface area (Å²) in [5, 5.41) is 3.51. The van der Waals surface area contributed by atoms with Gasteiger partial charge >= 0.3 is 0 Å². The molecule has 1 aromatic carbocycles. The molecule has 1 aliphatic heterocycles. The molecule has 0 saturated heterocycles. The minimum Gasteiger partial charge on any atom is -0.330 e. The van der Waals surface area contributed by atoms with Gasteiger partial charge in [-0.1, -0.05) is 31.2 Å². The Morgan fingerprint density at radius 2 is 2.20 bits per heavy atom. The van der Waals surface area contributed by atoms with Crippen molar-refractivity contribution in [3.8, 4) is 0 Å². The summed E-state index contributed by atoms with van der Waals surface area (Å²) in [5.74, 6) is 0. The van der Waals surface area contributed by atoms with Crippen molar-refractivity contribution in [3.05, 3.63) is 35.4 Å². The van der Waals surface area contributed by atoms with Crippen LogP contribution < -0.4 is 11.1 Å². The largest absolute Gasteiger partial charge is 0.330 e. The Morgan fingerprint density at radius 1 is 1.40 bits per heavy atom. The lowest BCUT2D eigenvalue weighted by Gasteiger charge is -2.39. The number of fused-ring (bicyclic) bond motifs is 1. The van der Waals surface area contributed by atoms with Gasteiger partial charge in [0, 0.05) is 18.5 Å². The molecule has 1 atom stereocenters. The maximum atomic E-state index is 5.75. The summed E-state index contributed by atoms with van der Waals surface area (Å²) in [4.78, 5) is 0. The van der Waals surface area contributed by atoms with Gasteiger partial charge in [0.25, 0.3) is 0 Å². The molecule has 0 spiro atoms. The topological polar surface area (TPSA) is 38.0 Å². The van der Waals surface area contributed by atoms with Crippen LogP contribution in [0.1, 0.15) is 30.9 Å². The third-order valence-corrected chi connectivity index (χ3v) is 3.67. The van der Waals surface area contributed by atoms with E-state index in [1.807, 2.05) is 0 Å². The minimum atomic E-state index is 0.267. The number of benzene rings is 1. The van der Waals surface area contributed by atoms with Gasteiger partial charge in [-0.3, -0.25) is 0 Å². The maximum absolute atomic E-state index is 5.75. The number of rotatable bonds is 3. The Labute approximate surface area is 91.9 Å². The van der Waals surface area contributed by atoms with Crippen LogP contribution in [0.3, 0.4) is 0 Å². The zero-order chi connectivity index (χ0) is 10.7. The van der Waals surface area contributed by atoms with Gasteiger partial charge in [0.2, 0.25) is 0 Å². The van der Waals surface area contributed by atoms with Crippen molar-refractivity contribution in [2.45, 2.75) is 31.7 Å². The second-order valence-electron chi connectivity index (χ2n) is 4.43. The lowest BCUT2D eigenvalue weighted by Crippen LogP contribution is -2.44. The van der Waals surface area contributed by atoms with Gasteiger partial charge in [-0.25, -0.2) is 0 Å². The molecule has 3 N–H and O–H groups in total. The molecule has 0 amide bonds. The number of hydrogen-bond donors (Lipinski definition) is 2. The molecule has 0 radical (unpaired) electrons. The van der Waals surface area contributed by atoms with Gasteiger partial charge in [-0.2, -0.15) is 0 Å². The van der Waals surface area contributed by atoms with Crippen LogP contribution in [-0.2, 0) is 12.0 Å². The van der Waals surface area contributed by atoms with E-state index in [1.54, 1.807) is 0 Å². The minimum absolute atomic E-state index is 0.267. The molecule has 0 aliphatic carbocycles. The lowest BCUT2D eigenvalue weighted by molar-refractivity contribution is 0.336. The average Bonchev–Trinajstić information content (AvgIpc) is 2.30. The van der Waals surface area contributed by atoms with Crippen LogP contribution in [0.2, 0.25) is 0 Å². The molecule has 1 heterocycles. The van der Waals surface area contributed by atoms with E-state index in [0.717, 1.165) is 32.5 Å². The summed E-state index contributed by atoms with van der Waals surface area (Å²) in [6.07, 6.45) is 2.24. The summed E-state index contributed by atoms with van der Waals surface area (Å²) < 4.78 is 0. The molecule has 2 heteroatoms. The highest BCUT2D eigenvalue weighted by Crippen LogP contribution is 2.35. The first-order valence-electron chi connectivity index (χ1n) is 5.81. The number of hydrogen-bond acceptors (Lipinski definition) is 2. The molecule has 0 saturated carbocycles. The summed E-state index contributed by atoms with van der Waals surface area (Å²) in [6, 6.07) is 8.76. The molecule has 0 bridgehead atoms. The van der Waals surface area contributed by atoms with Gasteiger partial charge in [0.05, 0.1) is 0 Å². The number of nitrogens with one attached hydrogen (secondary N) is 1. The molecular formula is C13H20N2. The SMILES string of the molecule is CCC1(CCN)CNCc2ccccc21. The zero-order valence-electron chi connectivity index (χ0n) is 9.42. The summed E-state index contributed by atoms with van der Waals surface area (Å²) in [5.41, 5.74) is 8.97. The van der Waals surface area contributed by atoms with Crippen LogP contribution >= 0.6 is 0 Å². The van der Waals surface area contributed by atoms with Crippen LogP contribution in [0.15, 0.2) is 24.3 Å². The van der Waals surface area contributed by atoms with Crippen molar-refractivity contribution < 1.29 is 0 Å². The second kappa shape index (κ2) is 4.33. The Balaban J connectivity index is 2.42. The second-order valence-corrected chi connectivity index (χ2v) is 4.43. The molecule has 0 aromatic heterocycles. The van der Waals surface area contributed by atoms with Crippen LogP contribution in [0.5, 0.6) is 0 Å². The van der Waals surface area contributed by atoms with Crippen LogP contribution in [0.4, 0.5) is 0 Å². The van der Waals surface area contributed by atoms with Gasteiger partial charge in [-0.15, -0.1) is 0 Å². The zero-order valence-corrected chi connectivity index (χ0v) is 9.42. The Hall–Kier alpha value is -0.860. The predicted octanol–water partition coefficient (Wildman–Crippen LogP) is 1.79. The highest BCUT2D eigenvalue weighted by atomic mass is 14.9. The van der Waals surface area contributed by atoms with Crippen molar-refractivity contribution in [1.29, 1.82) is 0 Å². The summed E-state index contributed by atoms with van der Waals surface area (Å²) >= 11 is 0. The van der Waals surface area contributed by atoms with E-state index in [-0.39, 0.29) is 5.41 Å². The quantitative estimate of drug-likeness (QED) is 0.787. The fourth-order valence-corrected chi connectivity index (χ4v) is 2.72. The molecule has 2 nitrogen and oxygen atoms in total. The first-order valence-corrected chi connectivity index (χ1v) is 5.81. The maximum Gasteiger partial charge on any atom is 0.0208 e. The van der Waals surface area contributed by atoms with Gasteiger partial charge in [-0.05, 0) is 30.5 Å². The molecule has 82 valence electrons. The predicted molar refractivity (Wildman–Crippen MR) is 63.8 cm³/mol. The molecule has 1 unspecified atom stereocenters. The molecular weight excluding hydrogens is 184 g/mol. The van der Waals surface area contributed by atoms with E-state index in [0.29, 0.717) is 0 Å². The van der Waals surface area contributed by atoms with Crippen molar-refractivity contribution in [1.82, 2.24) is 5.32 Å². The summed E-state index contributed by atoms with van der Waals surface area (Å²) in [7, 11) is 0. The molecule has 15 heavy (non-hydrogen) atoms. The van der Waals surface area contributed by atoms with Gasteiger partial charge in [0.1, 0.15) is 0 Å². The summed E-state index contributed by atoms with van der Waals surface area (Å²) in [6.45, 7) is 5.10. The fraction of sp³-hybridized carbons (Fsp3) is 0.538. The average molecular weight is 204 g/mol. The monoisotopic (exact) mass is 204 g/mol. The molecule has 0 fully saturated rings. The van der Waals surface area contributed by atoms with Crippen LogP contribution in [-0.4, -0.2) is 13.1 Å². The van der Waals surface area contributed by atoms with E-state index < -0.39 is 0 Å². The van der Waals surface area contributed by atoms with E-state index in [9.17, 15) is 0 Å². The first kappa shape index (κ1) is 10.7. The third-order valence-electron chi connectivity index (χ3n) is 3.67. The van der Waals surface area contributed by atoms with Crippen LogP contribution in [0, 0.1) is 0 Å². The van der Waals surface area contributed by atoms with Gasteiger partial charge in [0.15, 0.2) is 0 Å². The van der Waals surface area contributed by atoms with E-state index >= 15 is 0 Å². The smallest absolute Gasteiger partial charge is 0.0208 e.